The van der Waals surface area contributed by atoms with E-state index in [0.717, 1.165) is 6.07 Å². The van der Waals surface area contributed by atoms with Crippen molar-refractivity contribution in [1.29, 1.82) is 0 Å². The van der Waals surface area contributed by atoms with Crippen LogP contribution in [0.1, 0.15) is 33.4 Å². The maximum atomic E-state index is 13.7. The van der Waals surface area contributed by atoms with Gasteiger partial charge < -0.3 is 9.64 Å². The Bertz CT molecular complexity index is 1150. The molecular weight excluding hydrogens is 463 g/mol. The van der Waals surface area contributed by atoms with Crippen molar-refractivity contribution in [1.82, 2.24) is 19.7 Å². The summed E-state index contributed by atoms with van der Waals surface area (Å²) < 4.78 is 72.7. The maximum absolute atomic E-state index is 13.7. The number of alkyl halides is 3. The van der Waals surface area contributed by atoms with Crippen LogP contribution in [-0.4, -0.2) is 37.9 Å². The first-order chi connectivity index (χ1) is 15.9. The number of amides is 1. The fourth-order valence-corrected chi connectivity index (χ4v) is 3.41. The molecule has 13 heteroatoms. The van der Waals surface area contributed by atoms with Crippen LogP contribution in [0.25, 0.3) is 5.69 Å². The first-order valence-corrected chi connectivity index (χ1v) is 10.1. The van der Waals surface area contributed by atoms with Crippen molar-refractivity contribution in [2.75, 3.05) is 10.2 Å². The Kier molecular flexibility index (Phi) is 7.03. The number of rotatable bonds is 6. The number of ether oxygens (including phenoxy) is 1. The average molecular weight is 484 g/mol. The molecule has 8 nitrogen and oxygen atoms in total. The number of carbonyl (C=O) groups excluding carboxylic acids is 1. The van der Waals surface area contributed by atoms with Crippen LogP contribution in [0.4, 0.5) is 38.4 Å². The summed E-state index contributed by atoms with van der Waals surface area (Å²) in [5.41, 5.74) is -1.22. The third-order valence-electron chi connectivity index (χ3n) is 4.62. The summed E-state index contributed by atoms with van der Waals surface area (Å²) in [6.45, 7) is 7.95. The monoisotopic (exact) mass is 484 g/mol. The zero-order valence-corrected chi connectivity index (χ0v) is 18.6. The molecule has 0 atom stereocenters. The van der Waals surface area contributed by atoms with Gasteiger partial charge in [0.25, 0.3) is 0 Å². The van der Waals surface area contributed by atoms with E-state index in [1.54, 1.807) is 0 Å². The van der Waals surface area contributed by atoms with Gasteiger partial charge in [-0.3, -0.25) is 5.32 Å². The first-order valence-electron chi connectivity index (χ1n) is 10.1. The molecule has 0 radical (unpaired) electrons. The second-order valence-electron chi connectivity index (χ2n) is 7.74. The molecule has 0 aliphatic rings. The fraction of sp³-hybridized carbons (Fsp3) is 0.333. The van der Waals surface area contributed by atoms with Gasteiger partial charge in [0.1, 0.15) is 0 Å². The van der Waals surface area contributed by atoms with Gasteiger partial charge in [-0.1, -0.05) is 0 Å². The number of hydrogen-bond acceptors (Lipinski definition) is 6. The zero-order valence-electron chi connectivity index (χ0n) is 18.6. The lowest BCUT2D eigenvalue weighted by Crippen LogP contribution is -2.37. The van der Waals surface area contributed by atoms with Gasteiger partial charge in [-0.05, 0) is 39.8 Å². The minimum atomic E-state index is -5.04. The van der Waals surface area contributed by atoms with Crippen LogP contribution >= 0.6 is 0 Å². The molecule has 0 aliphatic heterocycles. The number of hydrogen-bond donors (Lipinski definition) is 1. The maximum Gasteiger partial charge on any atom is 0.437 e. The zero-order chi connectivity index (χ0) is 25.2. The Balaban J connectivity index is 1.81. The van der Waals surface area contributed by atoms with Crippen molar-refractivity contribution in [2.24, 2.45) is 0 Å². The molecule has 1 aromatic carbocycles. The van der Waals surface area contributed by atoms with Crippen LogP contribution in [-0.2, 0) is 6.18 Å². The van der Waals surface area contributed by atoms with Crippen LogP contribution in [0.5, 0.6) is 5.75 Å². The number of nitrogens with one attached hydrogen (secondary N) is 1. The summed E-state index contributed by atoms with van der Waals surface area (Å²) in [5, 5.41) is 5.66. The molecule has 0 unspecified atom stereocenters. The van der Waals surface area contributed by atoms with Gasteiger partial charge in [-0.2, -0.15) is 18.3 Å². The molecule has 3 rings (SSSR count). The number of anilines is 2. The summed E-state index contributed by atoms with van der Waals surface area (Å²) in [7, 11) is 0. The second kappa shape index (κ2) is 9.61. The van der Waals surface area contributed by atoms with Crippen molar-refractivity contribution < 1.29 is 31.5 Å². The third-order valence-corrected chi connectivity index (χ3v) is 4.62. The Morgan fingerprint density at radius 3 is 2.18 bits per heavy atom. The fourth-order valence-electron chi connectivity index (χ4n) is 3.41. The Labute approximate surface area is 191 Å². The molecule has 2 heterocycles. The highest BCUT2D eigenvalue weighted by atomic mass is 19.4. The highest BCUT2D eigenvalue weighted by Gasteiger charge is 2.40. The van der Waals surface area contributed by atoms with Crippen molar-refractivity contribution in [3.05, 3.63) is 54.1 Å². The van der Waals surface area contributed by atoms with Gasteiger partial charge in [0.2, 0.25) is 5.95 Å². The second-order valence-corrected chi connectivity index (χ2v) is 7.74. The van der Waals surface area contributed by atoms with Crippen molar-refractivity contribution in [3.63, 3.8) is 0 Å². The molecule has 0 saturated heterocycles. The van der Waals surface area contributed by atoms with Crippen LogP contribution in [0.15, 0.2) is 36.8 Å². The normalized spacial score (nSPS) is 11.7. The van der Waals surface area contributed by atoms with E-state index in [0.29, 0.717) is 28.7 Å². The largest absolute Gasteiger partial charge is 0.437 e. The van der Waals surface area contributed by atoms with Crippen LogP contribution in [0, 0.1) is 11.6 Å². The Morgan fingerprint density at radius 2 is 1.65 bits per heavy atom. The van der Waals surface area contributed by atoms with E-state index in [1.807, 2.05) is 32.6 Å². The van der Waals surface area contributed by atoms with Gasteiger partial charge in [-0.25, -0.2) is 28.2 Å². The van der Waals surface area contributed by atoms with E-state index in [-0.39, 0.29) is 18.0 Å². The highest BCUT2D eigenvalue weighted by molar-refractivity contribution is 5.84. The molecule has 182 valence electrons. The molecule has 0 saturated carbocycles. The number of aromatic nitrogens is 4. The van der Waals surface area contributed by atoms with E-state index in [2.05, 4.69) is 20.4 Å². The number of benzene rings is 1. The van der Waals surface area contributed by atoms with Gasteiger partial charge >= 0.3 is 12.3 Å². The molecule has 1 amide bonds. The summed E-state index contributed by atoms with van der Waals surface area (Å²) >= 11 is 0. The summed E-state index contributed by atoms with van der Waals surface area (Å²) in [6, 6.07) is 2.39. The predicted molar refractivity (Wildman–Crippen MR) is 113 cm³/mol. The molecule has 3 aromatic rings. The molecule has 0 spiro atoms. The highest BCUT2D eigenvalue weighted by Crippen LogP contribution is 2.38. The standard InChI is InChI=1S/C21H21F5N6O2/c1-11(2)31(12(3)4)14-8-27-19(28-9-14)30-20(33)34-17-10-29-32(18(17)21(24,25)26)13-5-6-15(22)16(23)7-13/h5-12H,1-4H3,(H,27,28,30,33). The topological polar surface area (TPSA) is 85.2 Å². The van der Waals surface area contributed by atoms with E-state index in [4.69, 9.17) is 4.74 Å². The number of halogens is 5. The van der Waals surface area contributed by atoms with Crippen LogP contribution < -0.4 is 15.0 Å². The quantitative estimate of drug-likeness (QED) is 0.485. The van der Waals surface area contributed by atoms with E-state index in [1.165, 1.54) is 12.4 Å². The van der Waals surface area contributed by atoms with Crippen molar-refractivity contribution >= 4 is 17.7 Å². The van der Waals surface area contributed by atoms with Crippen LogP contribution in [0.2, 0.25) is 0 Å². The van der Waals surface area contributed by atoms with Gasteiger partial charge in [-0.15, -0.1) is 0 Å². The minimum Gasteiger partial charge on any atom is -0.406 e. The van der Waals surface area contributed by atoms with Gasteiger partial charge in [0, 0.05) is 18.2 Å². The van der Waals surface area contributed by atoms with Crippen LogP contribution in [0.3, 0.4) is 0 Å². The van der Waals surface area contributed by atoms with Gasteiger partial charge in [0.15, 0.2) is 23.1 Å². The minimum absolute atomic E-state index is 0.152. The Hall–Kier alpha value is -3.77. The summed E-state index contributed by atoms with van der Waals surface area (Å²) in [4.78, 5) is 22.2. The Morgan fingerprint density at radius 1 is 1.03 bits per heavy atom. The van der Waals surface area contributed by atoms with E-state index >= 15 is 0 Å². The lowest BCUT2D eigenvalue weighted by Gasteiger charge is -2.32. The molecule has 0 aliphatic carbocycles. The predicted octanol–water partition coefficient (Wildman–Crippen LogP) is 5.19. The van der Waals surface area contributed by atoms with E-state index < -0.39 is 41.0 Å². The SMILES string of the molecule is CC(C)N(c1cnc(NC(=O)Oc2cnn(-c3ccc(F)c(F)c3)c2C(F)(F)F)nc1)C(C)C. The number of nitrogens with zero attached hydrogens (tertiary/aromatic N) is 5. The number of carbonyl (C=O) groups is 1. The van der Waals surface area contributed by atoms with E-state index in [9.17, 15) is 26.7 Å². The first kappa shape index (κ1) is 24.9. The average Bonchev–Trinajstić information content (AvgIpc) is 3.15. The summed E-state index contributed by atoms with van der Waals surface area (Å²) in [5.74, 6) is -3.74. The summed E-state index contributed by atoms with van der Waals surface area (Å²) in [6.07, 6.45) is -2.77. The van der Waals surface area contributed by atoms with Crippen molar-refractivity contribution in [3.8, 4) is 11.4 Å². The van der Waals surface area contributed by atoms with Gasteiger partial charge in [0.05, 0.1) is 30.0 Å². The lowest BCUT2D eigenvalue weighted by atomic mass is 10.2. The lowest BCUT2D eigenvalue weighted by molar-refractivity contribution is -0.143. The molecule has 2 aromatic heterocycles. The molecule has 0 fully saturated rings. The third kappa shape index (κ3) is 5.41. The molecule has 0 bridgehead atoms. The molecule has 34 heavy (non-hydrogen) atoms. The molecular formula is C21H21F5N6O2. The smallest absolute Gasteiger partial charge is 0.406 e. The van der Waals surface area contributed by atoms with Crippen molar-refractivity contribution in [2.45, 2.75) is 46.0 Å². The molecule has 1 N–H and O–H groups in total.